The number of fused-ring (bicyclic) bond motifs is 1. The Morgan fingerprint density at radius 2 is 1.89 bits per heavy atom. The van der Waals surface area contributed by atoms with Crippen molar-refractivity contribution < 1.29 is 4.79 Å². The molecule has 1 saturated heterocycles. The molecule has 2 aromatic rings. The van der Waals surface area contributed by atoms with E-state index in [0.29, 0.717) is 5.41 Å². The molecule has 0 bridgehead atoms. The predicted molar refractivity (Wildman–Crippen MR) is 74.2 cm³/mol. The quantitative estimate of drug-likeness (QED) is 0.768. The van der Waals surface area contributed by atoms with Crippen molar-refractivity contribution in [2.24, 2.45) is 5.41 Å². The van der Waals surface area contributed by atoms with Gasteiger partial charge in [0.15, 0.2) is 0 Å². The third kappa shape index (κ3) is 1.84. The third-order valence-corrected chi connectivity index (χ3v) is 4.82. The second-order valence-electron chi connectivity index (χ2n) is 6.05. The van der Waals surface area contributed by atoms with Crippen LogP contribution in [0.2, 0.25) is 0 Å². The second kappa shape index (κ2) is 3.86. The first-order valence-electron chi connectivity index (χ1n) is 7.12. The van der Waals surface area contributed by atoms with Gasteiger partial charge in [0.1, 0.15) is 0 Å². The Kier molecular flexibility index (Phi) is 2.25. The van der Waals surface area contributed by atoms with Gasteiger partial charge in [-0.05, 0) is 49.3 Å². The van der Waals surface area contributed by atoms with Crippen LogP contribution >= 0.6 is 0 Å². The fourth-order valence-corrected chi connectivity index (χ4v) is 3.22. The van der Waals surface area contributed by atoms with Crippen molar-refractivity contribution in [2.45, 2.75) is 25.7 Å². The fourth-order valence-electron chi connectivity index (χ4n) is 3.22. The number of amides is 1. The molecule has 1 amide bonds. The minimum Gasteiger partial charge on any atom is -0.339 e. The number of aromatic nitrogens is 1. The van der Waals surface area contributed by atoms with Crippen LogP contribution in [0.25, 0.3) is 5.52 Å². The van der Waals surface area contributed by atoms with Crippen molar-refractivity contribution in [3.8, 4) is 0 Å². The highest BCUT2D eigenvalue weighted by molar-refractivity contribution is 5.95. The number of carbonyl (C=O) groups excluding carboxylic acids is 1. The Bertz CT molecular complexity index is 596. The molecule has 1 aliphatic carbocycles. The zero-order chi connectivity index (χ0) is 12.9. The van der Waals surface area contributed by atoms with Crippen LogP contribution in [-0.2, 0) is 0 Å². The van der Waals surface area contributed by atoms with Crippen molar-refractivity contribution in [1.82, 2.24) is 9.30 Å². The maximum atomic E-state index is 12.5. The first kappa shape index (κ1) is 11.1. The summed E-state index contributed by atoms with van der Waals surface area (Å²) in [4.78, 5) is 14.5. The Morgan fingerprint density at radius 3 is 2.58 bits per heavy atom. The number of hydrogen-bond acceptors (Lipinski definition) is 1. The van der Waals surface area contributed by atoms with Gasteiger partial charge in [0, 0.05) is 31.0 Å². The molecule has 0 aromatic carbocycles. The van der Waals surface area contributed by atoms with E-state index in [4.69, 9.17) is 0 Å². The molecule has 4 rings (SSSR count). The van der Waals surface area contributed by atoms with Gasteiger partial charge in [-0.25, -0.2) is 0 Å². The molecule has 3 heteroatoms. The van der Waals surface area contributed by atoms with Crippen molar-refractivity contribution in [2.75, 3.05) is 13.1 Å². The van der Waals surface area contributed by atoms with Crippen molar-refractivity contribution in [3.63, 3.8) is 0 Å². The van der Waals surface area contributed by atoms with Crippen LogP contribution in [0.5, 0.6) is 0 Å². The number of likely N-dealkylation sites (tertiary alicyclic amines) is 1. The Balaban J connectivity index is 1.56. The largest absolute Gasteiger partial charge is 0.339 e. The van der Waals surface area contributed by atoms with E-state index in [1.165, 1.54) is 25.7 Å². The normalized spacial score (nSPS) is 20.9. The average Bonchev–Trinajstić information content (AvgIpc) is 3.05. The van der Waals surface area contributed by atoms with E-state index < -0.39 is 0 Å². The number of pyridine rings is 1. The zero-order valence-electron chi connectivity index (χ0n) is 11.0. The smallest absolute Gasteiger partial charge is 0.255 e. The first-order valence-corrected chi connectivity index (χ1v) is 7.12. The summed E-state index contributed by atoms with van der Waals surface area (Å²) in [5.74, 6) is 0.194. The summed E-state index contributed by atoms with van der Waals surface area (Å²) in [6.45, 7) is 1.87. The molecule has 0 N–H and O–H groups in total. The Morgan fingerprint density at radius 1 is 1.11 bits per heavy atom. The van der Waals surface area contributed by atoms with Gasteiger partial charge >= 0.3 is 0 Å². The molecule has 2 fully saturated rings. The molecule has 3 nitrogen and oxygen atoms in total. The highest BCUT2D eigenvalue weighted by atomic mass is 16.2. The summed E-state index contributed by atoms with van der Waals surface area (Å²) in [6.07, 6.45) is 9.09. The Labute approximate surface area is 112 Å². The van der Waals surface area contributed by atoms with E-state index in [1.54, 1.807) is 0 Å². The maximum absolute atomic E-state index is 12.5. The van der Waals surface area contributed by atoms with E-state index >= 15 is 0 Å². The molecule has 0 radical (unpaired) electrons. The van der Waals surface area contributed by atoms with Gasteiger partial charge in [0.05, 0.1) is 5.56 Å². The van der Waals surface area contributed by atoms with Gasteiger partial charge in [0.25, 0.3) is 5.91 Å². The van der Waals surface area contributed by atoms with E-state index in [-0.39, 0.29) is 5.91 Å². The molecule has 0 atom stereocenters. The summed E-state index contributed by atoms with van der Waals surface area (Å²) in [7, 11) is 0. The molecule has 2 aromatic heterocycles. The first-order chi connectivity index (χ1) is 9.26. The van der Waals surface area contributed by atoms with Crippen LogP contribution in [0.3, 0.4) is 0 Å². The summed E-state index contributed by atoms with van der Waals surface area (Å²) in [6, 6.07) is 8.01. The van der Waals surface area contributed by atoms with Crippen LogP contribution in [0.15, 0.2) is 36.7 Å². The monoisotopic (exact) mass is 254 g/mol. The van der Waals surface area contributed by atoms with Crippen LogP contribution in [-0.4, -0.2) is 28.3 Å². The molecule has 1 saturated carbocycles. The fraction of sp³-hybridized carbons (Fsp3) is 0.438. The average molecular weight is 254 g/mol. The number of nitrogens with zero attached hydrogens (tertiary/aromatic N) is 2. The summed E-state index contributed by atoms with van der Waals surface area (Å²) < 4.78 is 2.01. The van der Waals surface area contributed by atoms with Gasteiger partial charge in [-0.3, -0.25) is 4.79 Å². The minimum absolute atomic E-state index is 0.194. The Hall–Kier alpha value is -1.77. The van der Waals surface area contributed by atoms with E-state index in [2.05, 4.69) is 0 Å². The van der Waals surface area contributed by atoms with Gasteiger partial charge < -0.3 is 9.30 Å². The van der Waals surface area contributed by atoms with Crippen LogP contribution in [0.4, 0.5) is 0 Å². The van der Waals surface area contributed by atoms with Crippen molar-refractivity contribution in [3.05, 3.63) is 42.2 Å². The van der Waals surface area contributed by atoms with Crippen LogP contribution in [0, 0.1) is 5.41 Å². The molecule has 19 heavy (non-hydrogen) atoms. The topological polar surface area (TPSA) is 24.7 Å². The maximum Gasteiger partial charge on any atom is 0.255 e. The lowest BCUT2D eigenvalue weighted by Gasteiger charge is -2.31. The molecular weight excluding hydrogens is 236 g/mol. The molecule has 0 unspecified atom stereocenters. The van der Waals surface area contributed by atoms with Crippen LogP contribution < -0.4 is 0 Å². The van der Waals surface area contributed by atoms with Gasteiger partial charge in [-0.15, -0.1) is 0 Å². The lowest BCUT2D eigenvalue weighted by atomic mass is 9.93. The molecule has 1 aliphatic heterocycles. The lowest BCUT2D eigenvalue weighted by Crippen LogP contribution is -2.38. The van der Waals surface area contributed by atoms with Crippen LogP contribution in [0.1, 0.15) is 36.0 Å². The summed E-state index contributed by atoms with van der Waals surface area (Å²) in [5.41, 5.74) is 2.53. The zero-order valence-corrected chi connectivity index (χ0v) is 11.0. The van der Waals surface area contributed by atoms with E-state index in [1.807, 2.05) is 46.0 Å². The third-order valence-electron chi connectivity index (χ3n) is 4.82. The number of carbonyl (C=O) groups is 1. The van der Waals surface area contributed by atoms with Crippen molar-refractivity contribution >= 4 is 11.4 Å². The number of rotatable bonds is 1. The molecule has 3 heterocycles. The minimum atomic E-state index is 0.194. The molecule has 98 valence electrons. The summed E-state index contributed by atoms with van der Waals surface area (Å²) >= 11 is 0. The van der Waals surface area contributed by atoms with E-state index in [0.717, 1.165) is 24.2 Å². The number of hydrogen-bond donors (Lipinski definition) is 0. The predicted octanol–water partition coefficient (Wildman–Crippen LogP) is 2.96. The second-order valence-corrected chi connectivity index (χ2v) is 6.05. The SMILES string of the molecule is O=C(c1cc2ccccn2c1)N1CCC2(CC1)CC2. The standard InChI is InChI=1S/C16H18N2O/c19-15(17-9-6-16(4-5-16)7-10-17)13-11-14-3-1-2-8-18(14)12-13/h1-3,8,11-12H,4-7,9-10H2. The number of piperidine rings is 1. The van der Waals surface area contributed by atoms with Crippen molar-refractivity contribution in [1.29, 1.82) is 0 Å². The highest BCUT2D eigenvalue weighted by Gasteiger charge is 2.45. The van der Waals surface area contributed by atoms with Gasteiger partial charge in [-0.2, -0.15) is 0 Å². The van der Waals surface area contributed by atoms with Gasteiger partial charge in [-0.1, -0.05) is 6.07 Å². The summed E-state index contributed by atoms with van der Waals surface area (Å²) in [5, 5.41) is 0. The molecular formula is C16H18N2O. The van der Waals surface area contributed by atoms with E-state index in [9.17, 15) is 4.79 Å². The molecule has 2 aliphatic rings. The highest BCUT2D eigenvalue weighted by Crippen LogP contribution is 2.53. The lowest BCUT2D eigenvalue weighted by molar-refractivity contribution is 0.0678. The van der Waals surface area contributed by atoms with Gasteiger partial charge in [0.2, 0.25) is 0 Å². The molecule has 1 spiro atoms.